The zero-order valence-electron chi connectivity index (χ0n) is 18.5. The van der Waals surface area contributed by atoms with Gasteiger partial charge in [0.15, 0.2) is 0 Å². The molecule has 34 heavy (non-hydrogen) atoms. The van der Waals surface area contributed by atoms with E-state index in [1.165, 1.54) is 6.92 Å². The van der Waals surface area contributed by atoms with Crippen LogP contribution in [-0.2, 0) is 35.2 Å². The maximum atomic E-state index is 12.9. The fraction of sp³-hybridized carbons (Fsp3) is 0.429. The predicted molar refractivity (Wildman–Crippen MR) is 118 cm³/mol. The van der Waals surface area contributed by atoms with E-state index in [0.717, 1.165) is 0 Å². The van der Waals surface area contributed by atoms with E-state index in [1.54, 1.807) is 30.3 Å². The summed E-state index contributed by atoms with van der Waals surface area (Å²) in [6.07, 6.45) is -1.36. The Morgan fingerprint density at radius 3 is 1.88 bits per heavy atom. The molecule has 0 bridgehead atoms. The Kier molecular flexibility index (Phi) is 11.2. The normalized spacial score (nSPS) is 14.1. The van der Waals surface area contributed by atoms with Crippen LogP contribution >= 0.6 is 0 Å². The van der Waals surface area contributed by atoms with Gasteiger partial charge in [-0.05, 0) is 18.9 Å². The number of carboxylic acid groups (broad SMARTS) is 2. The Hall–Kier alpha value is -4.00. The zero-order chi connectivity index (χ0) is 25.8. The number of hydrogen-bond acceptors (Lipinski definition) is 7. The van der Waals surface area contributed by atoms with Crippen molar-refractivity contribution in [3.63, 3.8) is 0 Å². The first-order valence-electron chi connectivity index (χ1n) is 10.3. The van der Waals surface area contributed by atoms with Crippen LogP contribution in [0.1, 0.15) is 31.7 Å². The molecule has 0 aliphatic heterocycles. The van der Waals surface area contributed by atoms with E-state index in [9.17, 15) is 33.9 Å². The second-order valence-electron chi connectivity index (χ2n) is 7.60. The Morgan fingerprint density at radius 2 is 1.38 bits per heavy atom. The van der Waals surface area contributed by atoms with Crippen LogP contribution in [0, 0.1) is 0 Å². The molecule has 4 amide bonds. The lowest BCUT2D eigenvalue weighted by atomic mass is 10.0. The topological polar surface area (TPSA) is 231 Å². The van der Waals surface area contributed by atoms with Crippen LogP contribution in [-0.4, -0.2) is 69.9 Å². The number of nitrogens with two attached hydrogens (primary N) is 2. The van der Waals surface area contributed by atoms with Gasteiger partial charge in [0.2, 0.25) is 23.6 Å². The fourth-order valence-electron chi connectivity index (χ4n) is 2.84. The molecule has 1 aromatic carbocycles. The number of carbonyl (C=O) groups excluding carboxylic acids is 4. The van der Waals surface area contributed by atoms with Crippen molar-refractivity contribution in [2.45, 2.75) is 56.8 Å². The summed E-state index contributed by atoms with van der Waals surface area (Å²) >= 11 is 0. The minimum Gasteiger partial charge on any atom is -0.481 e. The van der Waals surface area contributed by atoms with Crippen LogP contribution in [0.5, 0.6) is 0 Å². The number of nitrogens with one attached hydrogen (secondary N) is 3. The van der Waals surface area contributed by atoms with E-state index < -0.39 is 66.2 Å². The van der Waals surface area contributed by atoms with Gasteiger partial charge >= 0.3 is 11.9 Å². The lowest BCUT2D eigenvalue weighted by molar-refractivity contribution is -0.147. The predicted octanol–water partition coefficient (Wildman–Crippen LogP) is -2.14. The van der Waals surface area contributed by atoms with Gasteiger partial charge in [-0.15, -0.1) is 0 Å². The van der Waals surface area contributed by atoms with Crippen molar-refractivity contribution in [3.8, 4) is 0 Å². The summed E-state index contributed by atoms with van der Waals surface area (Å²) in [5.74, 6) is -6.19. The molecule has 186 valence electrons. The van der Waals surface area contributed by atoms with Crippen molar-refractivity contribution in [2.75, 3.05) is 0 Å². The quantitative estimate of drug-likeness (QED) is 0.154. The SMILES string of the molecule is CC(N)C(=O)NC(CCC(N)=O)C(=O)NC(Cc1ccccc1)C(=O)NC(CC(=O)O)C(=O)O. The van der Waals surface area contributed by atoms with E-state index in [2.05, 4.69) is 16.0 Å². The first kappa shape index (κ1) is 28.0. The number of aliphatic carboxylic acids is 2. The number of carboxylic acids is 2. The summed E-state index contributed by atoms with van der Waals surface area (Å²) < 4.78 is 0. The summed E-state index contributed by atoms with van der Waals surface area (Å²) in [5.41, 5.74) is 11.3. The first-order chi connectivity index (χ1) is 15.9. The Balaban J connectivity index is 3.12. The third kappa shape index (κ3) is 10.1. The maximum absolute atomic E-state index is 12.9. The molecule has 0 spiro atoms. The van der Waals surface area contributed by atoms with Crippen molar-refractivity contribution in [1.82, 2.24) is 16.0 Å². The molecule has 1 aromatic rings. The van der Waals surface area contributed by atoms with Gasteiger partial charge in [0, 0.05) is 12.8 Å². The second kappa shape index (κ2) is 13.5. The zero-order valence-corrected chi connectivity index (χ0v) is 18.5. The highest BCUT2D eigenvalue weighted by molar-refractivity contribution is 5.95. The summed E-state index contributed by atoms with van der Waals surface area (Å²) in [6.45, 7) is 1.39. The van der Waals surface area contributed by atoms with E-state index in [1.807, 2.05) is 0 Å². The number of hydrogen-bond donors (Lipinski definition) is 7. The van der Waals surface area contributed by atoms with Crippen LogP contribution in [0.15, 0.2) is 30.3 Å². The molecule has 0 heterocycles. The molecule has 0 saturated heterocycles. The van der Waals surface area contributed by atoms with E-state index in [-0.39, 0.29) is 19.3 Å². The lowest BCUT2D eigenvalue weighted by Gasteiger charge is -2.24. The second-order valence-corrected chi connectivity index (χ2v) is 7.60. The molecule has 0 saturated carbocycles. The Labute approximate surface area is 195 Å². The minimum absolute atomic E-state index is 0.0679. The van der Waals surface area contributed by atoms with Crippen molar-refractivity contribution >= 4 is 35.6 Å². The van der Waals surface area contributed by atoms with Crippen molar-refractivity contribution in [2.24, 2.45) is 11.5 Å². The number of amides is 4. The fourth-order valence-corrected chi connectivity index (χ4v) is 2.84. The summed E-state index contributed by atoms with van der Waals surface area (Å²) in [5, 5.41) is 25.0. The monoisotopic (exact) mass is 479 g/mol. The molecular formula is C21H29N5O8. The average molecular weight is 479 g/mol. The third-order valence-corrected chi connectivity index (χ3v) is 4.63. The molecule has 4 atom stereocenters. The standard InChI is InChI=1S/C21H29N5O8/c1-11(22)18(30)24-13(7-8-16(23)27)19(31)25-14(9-12-5-3-2-4-6-12)20(32)26-15(21(33)34)10-17(28)29/h2-6,11,13-15H,7-10,22H2,1H3,(H2,23,27)(H,24,30)(H,25,31)(H,26,32)(H,28,29)(H,33,34). The van der Waals surface area contributed by atoms with E-state index >= 15 is 0 Å². The van der Waals surface area contributed by atoms with Gasteiger partial charge in [-0.3, -0.25) is 24.0 Å². The van der Waals surface area contributed by atoms with Crippen molar-refractivity contribution < 1.29 is 39.0 Å². The molecule has 1 rings (SSSR count). The van der Waals surface area contributed by atoms with E-state index in [4.69, 9.17) is 16.6 Å². The number of carbonyl (C=O) groups is 6. The summed E-state index contributed by atoms with van der Waals surface area (Å²) in [7, 11) is 0. The van der Waals surface area contributed by atoms with Gasteiger partial charge < -0.3 is 37.6 Å². The molecule has 4 unspecified atom stereocenters. The van der Waals surface area contributed by atoms with Crippen molar-refractivity contribution in [3.05, 3.63) is 35.9 Å². The van der Waals surface area contributed by atoms with Gasteiger partial charge in [0.1, 0.15) is 18.1 Å². The van der Waals surface area contributed by atoms with Gasteiger partial charge in [0.05, 0.1) is 12.5 Å². The highest BCUT2D eigenvalue weighted by Gasteiger charge is 2.31. The number of benzene rings is 1. The smallest absolute Gasteiger partial charge is 0.326 e. The Bertz CT molecular complexity index is 906. The molecule has 9 N–H and O–H groups in total. The molecule has 13 nitrogen and oxygen atoms in total. The number of primary amides is 1. The third-order valence-electron chi connectivity index (χ3n) is 4.63. The van der Waals surface area contributed by atoms with Gasteiger partial charge in [-0.1, -0.05) is 30.3 Å². The highest BCUT2D eigenvalue weighted by Crippen LogP contribution is 2.07. The molecule has 0 aromatic heterocycles. The minimum atomic E-state index is -1.73. The molecule has 0 radical (unpaired) electrons. The van der Waals surface area contributed by atoms with Crippen LogP contribution in [0.4, 0.5) is 0 Å². The van der Waals surface area contributed by atoms with Crippen LogP contribution in [0.2, 0.25) is 0 Å². The molecular weight excluding hydrogens is 450 g/mol. The maximum Gasteiger partial charge on any atom is 0.326 e. The van der Waals surface area contributed by atoms with Crippen LogP contribution < -0.4 is 27.4 Å². The molecule has 0 aliphatic carbocycles. The van der Waals surface area contributed by atoms with E-state index in [0.29, 0.717) is 5.56 Å². The van der Waals surface area contributed by atoms with Crippen molar-refractivity contribution in [1.29, 1.82) is 0 Å². The highest BCUT2D eigenvalue weighted by atomic mass is 16.4. The first-order valence-corrected chi connectivity index (χ1v) is 10.3. The summed E-state index contributed by atoms with van der Waals surface area (Å²) in [6, 6.07) is 3.17. The van der Waals surface area contributed by atoms with Crippen LogP contribution in [0.25, 0.3) is 0 Å². The van der Waals surface area contributed by atoms with Crippen LogP contribution in [0.3, 0.4) is 0 Å². The Morgan fingerprint density at radius 1 is 0.853 bits per heavy atom. The van der Waals surface area contributed by atoms with Gasteiger partial charge in [-0.2, -0.15) is 0 Å². The lowest BCUT2D eigenvalue weighted by Crippen LogP contribution is -2.57. The molecule has 0 aliphatic rings. The summed E-state index contributed by atoms with van der Waals surface area (Å²) in [4.78, 5) is 71.2. The number of rotatable bonds is 14. The average Bonchev–Trinajstić information content (AvgIpc) is 2.75. The largest absolute Gasteiger partial charge is 0.481 e. The molecule has 0 fully saturated rings. The van der Waals surface area contributed by atoms with Gasteiger partial charge in [0.25, 0.3) is 0 Å². The van der Waals surface area contributed by atoms with Gasteiger partial charge in [-0.25, -0.2) is 4.79 Å². The molecule has 13 heteroatoms.